The fourth-order valence-electron chi connectivity index (χ4n) is 6.08. The van der Waals surface area contributed by atoms with Crippen molar-refractivity contribution in [3.05, 3.63) is 80.8 Å². The smallest absolute Gasteiger partial charge is 0.274 e. The SMILES string of the molecule is O=C(CN(C(=O)c1ccc(Cl)cc1Cl)N1C(=O)[C@@H]2[C@H]3C=C[C@@H]([C@@H]4C[C@@H]34)[C@H]2C1=O)c1ccc(Cl)cc1. The van der Waals surface area contributed by atoms with E-state index in [0.717, 1.165) is 16.4 Å². The predicted octanol–water partition coefficient (Wildman–Crippen LogP) is 4.94. The summed E-state index contributed by atoms with van der Waals surface area (Å²) < 4.78 is 0. The maximum absolute atomic E-state index is 13.7. The van der Waals surface area contributed by atoms with Crippen molar-refractivity contribution in [3.63, 3.8) is 0 Å². The van der Waals surface area contributed by atoms with Crippen LogP contribution in [0.5, 0.6) is 0 Å². The Morgan fingerprint density at radius 3 is 2.00 bits per heavy atom. The minimum Gasteiger partial charge on any atom is -0.292 e. The van der Waals surface area contributed by atoms with Crippen molar-refractivity contribution in [2.24, 2.45) is 35.5 Å². The van der Waals surface area contributed by atoms with Gasteiger partial charge in [0.2, 0.25) is 0 Å². The van der Waals surface area contributed by atoms with Gasteiger partial charge >= 0.3 is 0 Å². The first-order chi connectivity index (χ1) is 16.8. The van der Waals surface area contributed by atoms with Crippen LogP contribution < -0.4 is 0 Å². The van der Waals surface area contributed by atoms with Crippen LogP contribution >= 0.6 is 34.8 Å². The number of halogens is 3. The normalized spacial score (nSPS) is 29.7. The highest BCUT2D eigenvalue weighted by molar-refractivity contribution is 6.36. The largest absolute Gasteiger partial charge is 0.292 e. The number of rotatable bonds is 5. The Morgan fingerprint density at radius 1 is 0.857 bits per heavy atom. The number of allylic oxidation sites excluding steroid dienone is 2. The Bertz CT molecular complexity index is 1290. The van der Waals surface area contributed by atoms with E-state index in [1.165, 1.54) is 30.3 Å². The third kappa shape index (κ3) is 3.53. The molecule has 5 aliphatic rings. The minimum absolute atomic E-state index is 0.0144. The molecule has 178 valence electrons. The standard InChI is InChI=1S/C26H19Cl3N2O4/c27-13-3-1-12(2-4-13)21(32)11-30(24(33)17-6-5-14(28)9-20(17)29)31-25(34)22-15-7-8-16(19-10-18(15)19)23(22)26(31)35/h1-9,15-16,18-19,22-23H,10-11H2/t15-,16-,18-,19-,22+,23+/m0/s1. The number of Topliss-reactive ketones (excluding diaryl/α,β-unsaturated/α-hetero) is 1. The van der Waals surface area contributed by atoms with E-state index in [1.807, 2.05) is 0 Å². The summed E-state index contributed by atoms with van der Waals surface area (Å²) in [5.74, 6) is -2.27. The first kappa shape index (κ1) is 22.8. The molecule has 7 rings (SSSR count). The first-order valence-electron chi connectivity index (χ1n) is 11.4. The Labute approximate surface area is 216 Å². The molecule has 9 heteroatoms. The van der Waals surface area contributed by atoms with Gasteiger partial charge in [-0.05, 0) is 72.6 Å². The van der Waals surface area contributed by atoms with E-state index in [2.05, 4.69) is 12.2 Å². The molecule has 2 bridgehead atoms. The molecule has 0 aromatic heterocycles. The zero-order chi connectivity index (χ0) is 24.6. The fraction of sp³-hybridized carbons (Fsp3) is 0.308. The molecule has 0 unspecified atom stereocenters. The van der Waals surface area contributed by atoms with Crippen molar-refractivity contribution in [1.82, 2.24) is 10.0 Å². The number of ketones is 1. The Hall–Kier alpha value is -2.67. The summed E-state index contributed by atoms with van der Waals surface area (Å²) in [6.45, 7) is -0.508. The van der Waals surface area contributed by atoms with E-state index in [1.54, 1.807) is 12.1 Å². The van der Waals surface area contributed by atoms with Crippen LogP contribution in [-0.2, 0) is 9.59 Å². The zero-order valence-corrected chi connectivity index (χ0v) is 20.5. The van der Waals surface area contributed by atoms with Gasteiger partial charge in [0.25, 0.3) is 17.7 Å². The number of carbonyl (C=O) groups is 4. The lowest BCUT2D eigenvalue weighted by atomic mass is 9.63. The molecule has 3 fully saturated rings. The van der Waals surface area contributed by atoms with Crippen LogP contribution in [0.2, 0.25) is 15.1 Å². The van der Waals surface area contributed by atoms with Gasteiger partial charge in [0, 0.05) is 15.6 Å². The molecule has 0 N–H and O–H groups in total. The highest BCUT2D eigenvalue weighted by Crippen LogP contribution is 2.65. The first-order valence-corrected chi connectivity index (χ1v) is 12.5. The third-order valence-corrected chi connectivity index (χ3v) is 8.54. The highest BCUT2D eigenvalue weighted by Gasteiger charge is 2.68. The van der Waals surface area contributed by atoms with Gasteiger partial charge in [-0.25, -0.2) is 5.01 Å². The molecular formula is C26H19Cl3N2O4. The van der Waals surface area contributed by atoms with Gasteiger partial charge in [-0.2, -0.15) is 5.01 Å². The topological polar surface area (TPSA) is 74.8 Å². The van der Waals surface area contributed by atoms with Gasteiger partial charge in [0.15, 0.2) is 5.78 Å². The second kappa shape index (κ2) is 8.19. The van der Waals surface area contributed by atoms with E-state index in [4.69, 9.17) is 34.8 Å². The monoisotopic (exact) mass is 528 g/mol. The fourth-order valence-corrected chi connectivity index (χ4v) is 6.69. The second-order valence-corrected chi connectivity index (χ2v) is 10.8. The average molecular weight is 530 g/mol. The molecule has 1 heterocycles. The van der Waals surface area contributed by atoms with E-state index in [0.29, 0.717) is 27.4 Å². The molecule has 6 atom stereocenters. The molecule has 6 nitrogen and oxygen atoms in total. The van der Waals surface area contributed by atoms with Gasteiger partial charge in [0.05, 0.1) is 22.4 Å². The third-order valence-electron chi connectivity index (χ3n) is 7.74. The van der Waals surface area contributed by atoms with Crippen molar-refractivity contribution in [3.8, 4) is 0 Å². The lowest BCUT2D eigenvalue weighted by Gasteiger charge is -2.37. The molecule has 2 aromatic carbocycles. The van der Waals surface area contributed by atoms with Crippen LogP contribution in [0, 0.1) is 35.5 Å². The van der Waals surface area contributed by atoms with Crippen molar-refractivity contribution in [1.29, 1.82) is 0 Å². The van der Waals surface area contributed by atoms with E-state index >= 15 is 0 Å². The highest BCUT2D eigenvalue weighted by atomic mass is 35.5. The van der Waals surface area contributed by atoms with Crippen LogP contribution in [0.25, 0.3) is 0 Å². The lowest BCUT2D eigenvalue weighted by molar-refractivity contribution is -0.154. The van der Waals surface area contributed by atoms with E-state index in [9.17, 15) is 19.2 Å². The van der Waals surface area contributed by atoms with Crippen LogP contribution in [-0.4, -0.2) is 40.1 Å². The molecule has 2 saturated carbocycles. The molecule has 2 aromatic rings. The minimum atomic E-state index is -0.722. The Balaban J connectivity index is 1.38. The van der Waals surface area contributed by atoms with Crippen LogP contribution in [0.3, 0.4) is 0 Å². The van der Waals surface area contributed by atoms with Crippen molar-refractivity contribution < 1.29 is 19.2 Å². The number of carbonyl (C=O) groups excluding carboxylic acids is 4. The van der Waals surface area contributed by atoms with Gasteiger partial charge in [-0.3, -0.25) is 19.2 Å². The predicted molar refractivity (Wildman–Crippen MR) is 130 cm³/mol. The van der Waals surface area contributed by atoms with Crippen molar-refractivity contribution in [2.75, 3.05) is 6.54 Å². The Kier molecular flexibility index (Phi) is 5.33. The molecular weight excluding hydrogens is 511 g/mol. The van der Waals surface area contributed by atoms with Gasteiger partial charge < -0.3 is 0 Å². The molecule has 3 amide bonds. The number of hydrogen-bond donors (Lipinski definition) is 0. The quantitative estimate of drug-likeness (QED) is 0.312. The number of nitrogens with zero attached hydrogens (tertiary/aromatic N) is 2. The number of amides is 3. The summed E-state index contributed by atoms with van der Waals surface area (Å²) in [5.41, 5.74) is 0.341. The summed E-state index contributed by atoms with van der Waals surface area (Å²) in [6, 6.07) is 10.5. The molecule has 1 aliphatic heterocycles. The van der Waals surface area contributed by atoms with Crippen molar-refractivity contribution in [2.45, 2.75) is 6.42 Å². The summed E-state index contributed by atoms with van der Waals surface area (Å²) >= 11 is 18.2. The van der Waals surface area contributed by atoms with Crippen LogP contribution in [0.1, 0.15) is 27.1 Å². The lowest BCUT2D eigenvalue weighted by Crippen LogP contribution is -2.52. The average Bonchev–Trinajstić information content (AvgIpc) is 3.61. The number of benzene rings is 2. The molecule has 0 radical (unpaired) electrons. The zero-order valence-electron chi connectivity index (χ0n) is 18.2. The second-order valence-electron chi connectivity index (χ2n) is 9.56. The summed E-state index contributed by atoms with van der Waals surface area (Å²) in [5, 5.41) is 2.69. The molecule has 35 heavy (non-hydrogen) atoms. The van der Waals surface area contributed by atoms with Gasteiger partial charge in [-0.15, -0.1) is 0 Å². The Morgan fingerprint density at radius 2 is 1.43 bits per heavy atom. The van der Waals surface area contributed by atoms with Crippen molar-refractivity contribution >= 4 is 58.3 Å². The molecule has 1 saturated heterocycles. The number of imide groups is 1. The maximum atomic E-state index is 13.7. The summed E-state index contributed by atoms with van der Waals surface area (Å²) in [7, 11) is 0. The van der Waals surface area contributed by atoms with Crippen LogP contribution in [0.4, 0.5) is 0 Å². The summed E-state index contributed by atoms with van der Waals surface area (Å²) in [6.07, 6.45) is 5.12. The van der Waals surface area contributed by atoms with E-state index < -0.39 is 41.9 Å². The summed E-state index contributed by atoms with van der Waals surface area (Å²) in [4.78, 5) is 54.2. The van der Waals surface area contributed by atoms with Gasteiger partial charge in [-0.1, -0.05) is 47.0 Å². The van der Waals surface area contributed by atoms with Gasteiger partial charge in [0.1, 0.15) is 6.54 Å². The molecule has 4 aliphatic carbocycles. The number of hydrazine groups is 1. The maximum Gasteiger partial charge on any atom is 0.274 e. The number of hydrogen-bond acceptors (Lipinski definition) is 4. The van der Waals surface area contributed by atoms with E-state index in [-0.39, 0.29) is 22.4 Å². The van der Waals surface area contributed by atoms with Crippen LogP contribution in [0.15, 0.2) is 54.6 Å². The molecule has 0 spiro atoms.